The van der Waals surface area contributed by atoms with E-state index in [0.717, 1.165) is 46.8 Å². The number of fused-ring (bicyclic) bond motifs is 1. The van der Waals surface area contributed by atoms with Crippen LogP contribution in [0.4, 0.5) is 16.0 Å². The van der Waals surface area contributed by atoms with Gasteiger partial charge in [-0.05, 0) is 55.3 Å². The fourth-order valence-electron chi connectivity index (χ4n) is 4.36. The molecule has 7 nitrogen and oxygen atoms in total. The van der Waals surface area contributed by atoms with Gasteiger partial charge in [0.15, 0.2) is 5.65 Å². The zero-order valence-electron chi connectivity index (χ0n) is 18.6. The first-order chi connectivity index (χ1) is 16.2. The number of ether oxygens (including phenoxy) is 1. The van der Waals surface area contributed by atoms with Crippen LogP contribution in [0.2, 0.25) is 0 Å². The predicted octanol–water partition coefficient (Wildman–Crippen LogP) is 5.01. The molecule has 2 N–H and O–H groups in total. The quantitative estimate of drug-likeness (QED) is 0.371. The highest BCUT2D eigenvalue weighted by Gasteiger charge is 2.21. The van der Waals surface area contributed by atoms with E-state index in [-0.39, 0.29) is 5.82 Å². The van der Waals surface area contributed by atoms with Crippen molar-refractivity contribution in [3.05, 3.63) is 60.7 Å². The molecule has 8 heteroatoms. The molecule has 1 aliphatic rings. The SMILES string of the molecule is COCCNc1cccn2c(-c3ccnc(NC4CCCC4)n3)c(-c3ccc(F)cc3)nc12. The van der Waals surface area contributed by atoms with Crippen molar-refractivity contribution in [2.75, 3.05) is 30.9 Å². The number of benzene rings is 1. The molecule has 3 heterocycles. The number of methoxy groups -OCH3 is 1. The van der Waals surface area contributed by atoms with Gasteiger partial charge in [-0.1, -0.05) is 12.8 Å². The van der Waals surface area contributed by atoms with Crippen molar-refractivity contribution in [3.8, 4) is 22.6 Å². The number of rotatable bonds is 8. The molecule has 0 amide bonds. The molecule has 0 saturated heterocycles. The summed E-state index contributed by atoms with van der Waals surface area (Å²) in [6.07, 6.45) is 8.49. The molecule has 4 aromatic rings. The number of anilines is 2. The summed E-state index contributed by atoms with van der Waals surface area (Å²) in [6, 6.07) is 12.7. The summed E-state index contributed by atoms with van der Waals surface area (Å²) in [4.78, 5) is 14.2. The molecule has 170 valence electrons. The Morgan fingerprint density at radius 3 is 2.70 bits per heavy atom. The second kappa shape index (κ2) is 9.54. The number of pyridine rings is 1. The predicted molar refractivity (Wildman–Crippen MR) is 128 cm³/mol. The zero-order chi connectivity index (χ0) is 22.6. The maximum absolute atomic E-state index is 13.6. The van der Waals surface area contributed by atoms with Crippen LogP contribution in [0.25, 0.3) is 28.3 Å². The summed E-state index contributed by atoms with van der Waals surface area (Å²) >= 11 is 0. The Morgan fingerprint density at radius 1 is 1.09 bits per heavy atom. The highest BCUT2D eigenvalue weighted by molar-refractivity contribution is 5.84. The maximum atomic E-state index is 13.6. The van der Waals surface area contributed by atoms with Gasteiger partial charge < -0.3 is 15.4 Å². The van der Waals surface area contributed by atoms with Gasteiger partial charge in [0.25, 0.3) is 0 Å². The number of imidazole rings is 1. The van der Waals surface area contributed by atoms with Gasteiger partial charge in [0, 0.05) is 37.7 Å². The Labute approximate surface area is 192 Å². The van der Waals surface area contributed by atoms with Gasteiger partial charge in [-0.25, -0.2) is 19.3 Å². The highest BCUT2D eigenvalue weighted by Crippen LogP contribution is 2.34. The highest BCUT2D eigenvalue weighted by atomic mass is 19.1. The van der Waals surface area contributed by atoms with Crippen LogP contribution < -0.4 is 10.6 Å². The van der Waals surface area contributed by atoms with Gasteiger partial charge in [0.2, 0.25) is 5.95 Å². The molecular weight excluding hydrogens is 419 g/mol. The lowest BCUT2D eigenvalue weighted by Crippen LogP contribution is -2.16. The van der Waals surface area contributed by atoms with E-state index < -0.39 is 0 Å². The standard InChI is InChI=1S/C25H27FN6O/c1-33-16-14-27-21-7-4-15-32-23(22(31-24(21)32)17-8-10-18(26)11-9-17)20-12-13-28-25(30-20)29-19-5-2-3-6-19/h4,7-13,15,19,27H,2-3,5-6,14,16H2,1H3,(H,28,29,30). The molecule has 1 fully saturated rings. The van der Waals surface area contributed by atoms with Gasteiger partial charge >= 0.3 is 0 Å². The average Bonchev–Trinajstić information content (AvgIpc) is 3.48. The number of hydrogen-bond acceptors (Lipinski definition) is 6. The minimum Gasteiger partial charge on any atom is -0.383 e. The van der Waals surface area contributed by atoms with Gasteiger partial charge in [-0.3, -0.25) is 4.40 Å². The minimum atomic E-state index is -0.281. The Bertz CT molecular complexity index is 1230. The van der Waals surface area contributed by atoms with Crippen molar-refractivity contribution in [2.45, 2.75) is 31.7 Å². The lowest BCUT2D eigenvalue weighted by molar-refractivity contribution is 0.211. The van der Waals surface area contributed by atoms with E-state index in [1.54, 1.807) is 25.4 Å². The van der Waals surface area contributed by atoms with E-state index in [9.17, 15) is 4.39 Å². The summed E-state index contributed by atoms with van der Waals surface area (Å²) in [7, 11) is 1.68. The Balaban J connectivity index is 1.62. The fraction of sp³-hybridized carbons (Fsp3) is 0.320. The van der Waals surface area contributed by atoms with Gasteiger partial charge in [-0.15, -0.1) is 0 Å². The summed E-state index contributed by atoms with van der Waals surface area (Å²) < 4.78 is 20.8. The third kappa shape index (κ3) is 4.52. The van der Waals surface area contributed by atoms with Gasteiger partial charge in [0.05, 0.1) is 29.4 Å². The molecule has 1 aliphatic carbocycles. The van der Waals surface area contributed by atoms with Gasteiger partial charge in [0.1, 0.15) is 5.82 Å². The van der Waals surface area contributed by atoms with E-state index in [1.807, 2.05) is 28.8 Å². The molecule has 3 aromatic heterocycles. The number of hydrogen-bond donors (Lipinski definition) is 2. The van der Waals surface area contributed by atoms with Crippen LogP contribution in [0.5, 0.6) is 0 Å². The van der Waals surface area contributed by atoms with Crippen LogP contribution in [0, 0.1) is 5.82 Å². The fourth-order valence-corrected chi connectivity index (χ4v) is 4.36. The first-order valence-corrected chi connectivity index (χ1v) is 11.3. The normalized spacial score (nSPS) is 14.1. The Morgan fingerprint density at radius 2 is 1.91 bits per heavy atom. The molecule has 0 bridgehead atoms. The first-order valence-electron chi connectivity index (χ1n) is 11.3. The molecule has 5 rings (SSSR count). The van der Waals surface area contributed by atoms with E-state index >= 15 is 0 Å². The van der Waals surface area contributed by atoms with Crippen LogP contribution in [-0.2, 0) is 4.74 Å². The lowest BCUT2D eigenvalue weighted by atomic mass is 10.1. The molecular formula is C25H27FN6O. The second-order valence-corrected chi connectivity index (χ2v) is 8.24. The van der Waals surface area contributed by atoms with Gasteiger partial charge in [-0.2, -0.15) is 0 Å². The molecule has 1 aromatic carbocycles. The van der Waals surface area contributed by atoms with Crippen molar-refractivity contribution < 1.29 is 9.13 Å². The largest absolute Gasteiger partial charge is 0.383 e. The van der Waals surface area contributed by atoms with Crippen molar-refractivity contribution in [1.82, 2.24) is 19.4 Å². The monoisotopic (exact) mass is 446 g/mol. The minimum absolute atomic E-state index is 0.281. The van der Waals surface area contributed by atoms with Crippen LogP contribution in [-0.4, -0.2) is 45.7 Å². The van der Waals surface area contributed by atoms with Crippen molar-refractivity contribution in [1.29, 1.82) is 0 Å². The Hall–Kier alpha value is -3.52. The number of aromatic nitrogens is 4. The second-order valence-electron chi connectivity index (χ2n) is 8.24. The number of halogens is 1. The Kier molecular flexibility index (Phi) is 6.17. The van der Waals surface area contributed by atoms with E-state index in [2.05, 4.69) is 15.6 Å². The third-order valence-corrected chi connectivity index (χ3v) is 5.98. The van der Waals surface area contributed by atoms with E-state index in [1.165, 1.54) is 25.0 Å². The van der Waals surface area contributed by atoms with E-state index in [0.29, 0.717) is 25.1 Å². The van der Waals surface area contributed by atoms with Crippen molar-refractivity contribution >= 4 is 17.3 Å². The van der Waals surface area contributed by atoms with Crippen molar-refractivity contribution in [2.24, 2.45) is 0 Å². The molecule has 33 heavy (non-hydrogen) atoms. The average molecular weight is 447 g/mol. The zero-order valence-corrected chi connectivity index (χ0v) is 18.6. The first kappa shape index (κ1) is 21.3. The molecule has 0 aliphatic heterocycles. The number of nitrogens with zero attached hydrogens (tertiary/aromatic N) is 4. The summed E-state index contributed by atoms with van der Waals surface area (Å²) in [5.41, 5.74) is 4.81. The molecule has 0 unspecified atom stereocenters. The van der Waals surface area contributed by atoms with Crippen molar-refractivity contribution in [3.63, 3.8) is 0 Å². The maximum Gasteiger partial charge on any atom is 0.223 e. The van der Waals surface area contributed by atoms with E-state index in [4.69, 9.17) is 14.7 Å². The summed E-state index contributed by atoms with van der Waals surface area (Å²) in [5, 5.41) is 6.86. The smallest absolute Gasteiger partial charge is 0.223 e. The lowest BCUT2D eigenvalue weighted by Gasteiger charge is -2.13. The van der Waals surface area contributed by atoms with Crippen LogP contribution in [0.1, 0.15) is 25.7 Å². The van der Waals surface area contributed by atoms with Crippen LogP contribution in [0.3, 0.4) is 0 Å². The molecule has 0 spiro atoms. The summed E-state index contributed by atoms with van der Waals surface area (Å²) in [5.74, 6) is 0.338. The summed E-state index contributed by atoms with van der Waals surface area (Å²) in [6.45, 7) is 1.24. The molecule has 1 saturated carbocycles. The molecule has 0 radical (unpaired) electrons. The van der Waals surface area contributed by atoms with Crippen LogP contribution in [0.15, 0.2) is 54.9 Å². The molecule has 0 atom stereocenters. The topological polar surface area (TPSA) is 76.4 Å². The van der Waals surface area contributed by atoms with Crippen LogP contribution >= 0.6 is 0 Å². The number of nitrogens with one attached hydrogen (secondary N) is 2. The third-order valence-electron chi connectivity index (χ3n) is 5.98.